The van der Waals surface area contributed by atoms with Crippen molar-refractivity contribution in [2.75, 3.05) is 25.1 Å². The lowest BCUT2D eigenvalue weighted by atomic mass is 10.2. The Labute approximate surface area is 149 Å². The summed E-state index contributed by atoms with van der Waals surface area (Å²) in [5.41, 5.74) is 1.79. The Kier molecular flexibility index (Phi) is 5.25. The number of aryl methyl sites for hydroxylation is 1. The number of rotatable bonds is 5. The number of fused-ring (bicyclic) bond motifs is 1. The second-order valence-electron chi connectivity index (χ2n) is 5.31. The zero-order valence-electron chi connectivity index (χ0n) is 13.3. The molecule has 1 amide bonds. The normalized spacial score (nSPS) is 12.6. The van der Waals surface area contributed by atoms with E-state index in [0.29, 0.717) is 36.1 Å². The Morgan fingerprint density at radius 1 is 1.21 bits per heavy atom. The van der Waals surface area contributed by atoms with Gasteiger partial charge in [-0.3, -0.25) is 4.79 Å². The highest BCUT2D eigenvalue weighted by molar-refractivity contribution is 9.10. The van der Waals surface area contributed by atoms with Crippen molar-refractivity contribution in [2.45, 2.75) is 13.3 Å². The number of hydrogen-bond donors (Lipinski definition) is 1. The molecule has 2 aromatic carbocycles. The third-order valence-electron chi connectivity index (χ3n) is 3.58. The first-order valence-corrected chi connectivity index (χ1v) is 8.55. The van der Waals surface area contributed by atoms with Crippen molar-refractivity contribution in [3.63, 3.8) is 0 Å². The number of hydrogen-bond acceptors (Lipinski definition) is 4. The zero-order valence-corrected chi connectivity index (χ0v) is 14.9. The van der Waals surface area contributed by atoms with E-state index in [0.717, 1.165) is 10.9 Å². The van der Waals surface area contributed by atoms with Gasteiger partial charge in [0.15, 0.2) is 18.1 Å². The van der Waals surface area contributed by atoms with Gasteiger partial charge in [-0.25, -0.2) is 0 Å². The first-order chi connectivity index (χ1) is 11.7. The molecule has 0 saturated carbocycles. The summed E-state index contributed by atoms with van der Waals surface area (Å²) >= 11 is 3.43. The summed E-state index contributed by atoms with van der Waals surface area (Å²) in [6.07, 6.45) is 0.924. The molecule has 0 radical (unpaired) electrons. The van der Waals surface area contributed by atoms with E-state index in [-0.39, 0.29) is 12.5 Å². The molecule has 1 heterocycles. The summed E-state index contributed by atoms with van der Waals surface area (Å²) < 4.78 is 17.3. The molecule has 0 bridgehead atoms. The summed E-state index contributed by atoms with van der Waals surface area (Å²) in [5, 5.41) is 2.81. The number of carbonyl (C=O) groups excluding carboxylic acids is 1. The maximum absolute atomic E-state index is 12.1. The van der Waals surface area contributed by atoms with Gasteiger partial charge in [0.05, 0.1) is 5.69 Å². The number of nitrogens with one attached hydrogen (secondary N) is 1. The van der Waals surface area contributed by atoms with Crippen LogP contribution in [0, 0.1) is 0 Å². The fraction of sp³-hybridized carbons (Fsp3) is 0.278. The molecule has 5 nitrogen and oxygen atoms in total. The van der Waals surface area contributed by atoms with Crippen LogP contribution in [0.3, 0.4) is 0 Å². The Hall–Kier alpha value is -2.21. The van der Waals surface area contributed by atoms with Crippen LogP contribution in [0.1, 0.15) is 12.5 Å². The van der Waals surface area contributed by atoms with Crippen LogP contribution in [0.2, 0.25) is 0 Å². The van der Waals surface area contributed by atoms with Gasteiger partial charge >= 0.3 is 0 Å². The van der Waals surface area contributed by atoms with Gasteiger partial charge in [-0.1, -0.05) is 19.1 Å². The standard InChI is InChI=1S/C18H18BrNO4/c1-2-12-4-3-5-13(8-12)24-11-18(21)20-15-10-17-16(9-14(15)19)22-6-7-23-17/h3-5,8-10H,2,6-7,11H2,1H3,(H,20,21). The molecule has 2 aromatic rings. The van der Waals surface area contributed by atoms with Crippen LogP contribution in [0.5, 0.6) is 17.2 Å². The van der Waals surface area contributed by atoms with Crippen LogP contribution >= 0.6 is 15.9 Å². The third kappa shape index (κ3) is 4.00. The summed E-state index contributed by atoms with van der Waals surface area (Å²) in [5.74, 6) is 1.73. The van der Waals surface area contributed by atoms with E-state index >= 15 is 0 Å². The molecule has 0 unspecified atom stereocenters. The summed E-state index contributed by atoms with van der Waals surface area (Å²) in [7, 11) is 0. The lowest BCUT2D eigenvalue weighted by Crippen LogP contribution is -2.21. The van der Waals surface area contributed by atoms with Crippen LogP contribution < -0.4 is 19.5 Å². The summed E-state index contributed by atoms with van der Waals surface area (Å²) in [4.78, 5) is 12.1. The largest absolute Gasteiger partial charge is 0.486 e. The minimum Gasteiger partial charge on any atom is -0.486 e. The molecular formula is C18H18BrNO4. The fourth-order valence-electron chi connectivity index (χ4n) is 2.35. The van der Waals surface area contributed by atoms with Gasteiger partial charge in [0.1, 0.15) is 19.0 Å². The van der Waals surface area contributed by atoms with Gasteiger partial charge in [0, 0.05) is 16.6 Å². The second-order valence-corrected chi connectivity index (χ2v) is 6.17. The van der Waals surface area contributed by atoms with E-state index in [2.05, 4.69) is 28.2 Å². The number of anilines is 1. The Morgan fingerprint density at radius 2 is 1.96 bits per heavy atom. The predicted octanol–water partition coefficient (Wildman–Crippen LogP) is 3.80. The molecule has 0 saturated heterocycles. The topological polar surface area (TPSA) is 56.8 Å². The number of carbonyl (C=O) groups is 1. The molecule has 0 fully saturated rings. The zero-order chi connectivity index (χ0) is 16.9. The smallest absolute Gasteiger partial charge is 0.262 e. The Balaban J connectivity index is 1.62. The second kappa shape index (κ2) is 7.57. The average molecular weight is 392 g/mol. The molecule has 24 heavy (non-hydrogen) atoms. The van der Waals surface area contributed by atoms with E-state index in [1.807, 2.05) is 24.3 Å². The van der Waals surface area contributed by atoms with Gasteiger partial charge in [-0.2, -0.15) is 0 Å². The quantitative estimate of drug-likeness (QED) is 0.841. The number of amides is 1. The molecule has 3 rings (SSSR count). The predicted molar refractivity (Wildman–Crippen MR) is 95.1 cm³/mol. The van der Waals surface area contributed by atoms with Crippen molar-refractivity contribution in [1.29, 1.82) is 0 Å². The minimum atomic E-state index is -0.241. The molecule has 0 aliphatic carbocycles. The van der Waals surface area contributed by atoms with Crippen LogP contribution in [-0.4, -0.2) is 25.7 Å². The number of ether oxygens (including phenoxy) is 3. The molecule has 1 aliphatic rings. The van der Waals surface area contributed by atoms with E-state index in [9.17, 15) is 4.79 Å². The highest BCUT2D eigenvalue weighted by Gasteiger charge is 2.16. The molecule has 0 spiro atoms. The third-order valence-corrected chi connectivity index (χ3v) is 4.24. The van der Waals surface area contributed by atoms with Crippen LogP contribution in [0.25, 0.3) is 0 Å². The monoisotopic (exact) mass is 391 g/mol. The minimum absolute atomic E-state index is 0.0615. The van der Waals surface area contributed by atoms with E-state index in [1.54, 1.807) is 12.1 Å². The first kappa shape index (κ1) is 16.6. The van der Waals surface area contributed by atoms with Gasteiger partial charge < -0.3 is 19.5 Å². The van der Waals surface area contributed by atoms with Crippen molar-refractivity contribution in [1.82, 2.24) is 0 Å². The van der Waals surface area contributed by atoms with E-state index < -0.39 is 0 Å². The molecular weight excluding hydrogens is 374 g/mol. The van der Waals surface area contributed by atoms with E-state index in [4.69, 9.17) is 14.2 Å². The van der Waals surface area contributed by atoms with Gasteiger partial charge in [0.2, 0.25) is 0 Å². The lowest BCUT2D eigenvalue weighted by molar-refractivity contribution is -0.118. The Bertz CT molecular complexity index is 748. The van der Waals surface area contributed by atoms with Crippen molar-refractivity contribution in [2.24, 2.45) is 0 Å². The SMILES string of the molecule is CCc1cccc(OCC(=O)Nc2cc3c(cc2Br)OCCO3)c1. The molecule has 126 valence electrons. The summed E-state index contributed by atoms with van der Waals surface area (Å²) in [6.45, 7) is 3.04. The number of benzene rings is 2. The van der Waals surface area contributed by atoms with Gasteiger partial charge in [-0.15, -0.1) is 0 Å². The van der Waals surface area contributed by atoms with Crippen LogP contribution in [0.15, 0.2) is 40.9 Å². The first-order valence-electron chi connectivity index (χ1n) is 7.76. The van der Waals surface area contributed by atoms with Crippen molar-refractivity contribution in [3.8, 4) is 17.2 Å². The summed E-state index contributed by atoms with van der Waals surface area (Å²) in [6, 6.07) is 11.3. The average Bonchev–Trinajstić information content (AvgIpc) is 2.61. The molecule has 1 aliphatic heterocycles. The maximum atomic E-state index is 12.1. The van der Waals surface area contributed by atoms with Crippen LogP contribution in [-0.2, 0) is 11.2 Å². The molecule has 0 aromatic heterocycles. The van der Waals surface area contributed by atoms with E-state index in [1.165, 1.54) is 5.56 Å². The van der Waals surface area contributed by atoms with Gasteiger partial charge in [0.25, 0.3) is 5.91 Å². The lowest BCUT2D eigenvalue weighted by Gasteiger charge is -2.20. The van der Waals surface area contributed by atoms with Crippen LogP contribution in [0.4, 0.5) is 5.69 Å². The van der Waals surface area contributed by atoms with Crippen molar-refractivity contribution < 1.29 is 19.0 Å². The van der Waals surface area contributed by atoms with Gasteiger partial charge in [-0.05, 0) is 40.0 Å². The van der Waals surface area contributed by atoms with Crippen molar-refractivity contribution in [3.05, 3.63) is 46.4 Å². The number of halogens is 1. The molecule has 6 heteroatoms. The highest BCUT2D eigenvalue weighted by Crippen LogP contribution is 2.38. The maximum Gasteiger partial charge on any atom is 0.262 e. The highest BCUT2D eigenvalue weighted by atomic mass is 79.9. The molecule has 1 N–H and O–H groups in total. The van der Waals surface area contributed by atoms with Crippen molar-refractivity contribution >= 4 is 27.5 Å². The molecule has 0 atom stereocenters. The Morgan fingerprint density at radius 3 is 2.71 bits per heavy atom. The fourth-order valence-corrected chi connectivity index (χ4v) is 2.77.